The number of hydrogen-bond acceptors (Lipinski definition) is 5. The molecule has 0 fully saturated rings. The standard InChI is InChI=1S/C26H22F5N5O2/c1-13-20(11-34-36(13)26(30)31)17-8-19(24(32)33-10-17)14-5-6-18(21(27)9-14)25(38)35-22(12-37)15-3-2-4-16(7-15)23(28)29/h2-11,22-23,26,37H,12H2,1H3,(H2,32,33)(H,35,38). The molecule has 12 heteroatoms. The van der Waals surface area contributed by atoms with Crippen LogP contribution in [0.25, 0.3) is 22.3 Å². The number of carbonyl (C=O) groups excluding carboxylic acids is 1. The van der Waals surface area contributed by atoms with E-state index in [1.807, 2.05) is 0 Å². The number of nitrogen functional groups attached to an aromatic ring is 1. The van der Waals surface area contributed by atoms with Crippen LogP contribution in [0.4, 0.5) is 27.8 Å². The van der Waals surface area contributed by atoms with Gasteiger partial charge in [-0.15, -0.1) is 0 Å². The number of pyridine rings is 1. The minimum Gasteiger partial charge on any atom is -0.394 e. The highest BCUT2D eigenvalue weighted by Crippen LogP contribution is 2.33. The summed E-state index contributed by atoms with van der Waals surface area (Å²) in [7, 11) is 0. The minimum absolute atomic E-state index is 0.0449. The third kappa shape index (κ3) is 5.35. The van der Waals surface area contributed by atoms with Gasteiger partial charge in [-0.3, -0.25) is 4.79 Å². The summed E-state index contributed by atoms with van der Waals surface area (Å²) in [5, 5.41) is 15.8. The number of nitrogens with one attached hydrogen (secondary N) is 1. The van der Waals surface area contributed by atoms with E-state index in [0.717, 1.165) is 12.1 Å². The number of nitrogens with zero attached hydrogens (tertiary/aromatic N) is 3. The van der Waals surface area contributed by atoms with E-state index >= 15 is 4.39 Å². The quantitative estimate of drug-likeness (QED) is 0.263. The van der Waals surface area contributed by atoms with E-state index in [2.05, 4.69) is 15.4 Å². The molecule has 0 saturated heterocycles. The summed E-state index contributed by atoms with van der Waals surface area (Å²) in [4.78, 5) is 16.8. The van der Waals surface area contributed by atoms with Crippen LogP contribution in [-0.2, 0) is 0 Å². The zero-order valence-corrected chi connectivity index (χ0v) is 19.9. The van der Waals surface area contributed by atoms with Crippen LogP contribution in [0.1, 0.15) is 46.2 Å². The topological polar surface area (TPSA) is 106 Å². The number of hydrogen-bond donors (Lipinski definition) is 3. The van der Waals surface area contributed by atoms with Gasteiger partial charge in [0.05, 0.1) is 24.4 Å². The van der Waals surface area contributed by atoms with Crippen LogP contribution in [0, 0.1) is 12.7 Å². The Morgan fingerprint density at radius 1 is 1.03 bits per heavy atom. The summed E-state index contributed by atoms with van der Waals surface area (Å²) >= 11 is 0. The van der Waals surface area contributed by atoms with Gasteiger partial charge in [0.25, 0.3) is 12.3 Å². The number of carbonyl (C=O) groups is 1. The molecule has 1 unspecified atom stereocenters. The largest absolute Gasteiger partial charge is 0.394 e. The molecule has 2 aromatic carbocycles. The highest BCUT2D eigenvalue weighted by Gasteiger charge is 2.21. The predicted octanol–water partition coefficient (Wildman–Crippen LogP) is 5.44. The molecule has 38 heavy (non-hydrogen) atoms. The molecule has 0 bridgehead atoms. The first-order valence-electron chi connectivity index (χ1n) is 11.3. The van der Waals surface area contributed by atoms with Gasteiger partial charge in [0.2, 0.25) is 0 Å². The lowest BCUT2D eigenvalue weighted by molar-refractivity contribution is 0.0545. The normalized spacial score (nSPS) is 12.2. The number of alkyl halides is 4. The fraction of sp³-hybridized carbons (Fsp3) is 0.192. The molecule has 1 atom stereocenters. The fourth-order valence-corrected chi connectivity index (χ4v) is 4.01. The number of aliphatic hydroxyl groups is 1. The van der Waals surface area contributed by atoms with E-state index in [-0.39, 0.29) is 33.8 Å². The number of nitrogens with two attached hydrogens (primary N) is 1. The molecule has 0 radical (unpaired) electrons. The van der Waals surface area contributed by atoms with Crippen molar-refractivity contribution in [3.05, 3.63) is 89.1 Å². The van der Waals surface area contributed by atoms with Gasteiger partial charge in [-0.2, -0.15) is 13.9 Å². The van der Waals surface area contributed by atoms with E-state index in [1.54, 1.807) is 6.07 Å². The lowest BCUT2D eigenvalue weighted by Gasteiger charge is -2.18. The molecule has 4 aromatic rings. The van der Waals surface area contributed by atoms with E-state index in [0.29, 0.717) is 21.4 Å². The van der Waals surface area contributed by atoms with Crippen molar-refractivity contribution in [2.45, 2.75) is 25.9 Å². The van der Waals surface area contributed by atoms with Crippen LogP contribution in [-0.4, -0.2) is 32.4 Å². The van der Waals surface area contributed by atoms with E-state index < -0.39 is 37.3 Å². The summed E-state index contributed by atoms with van der Waals surface area (Å²) in [6.45, 7) is -1.95. The average molecular weight is 531 g/mol. The Labute approximate surface area is 213 Å². The zero-order valence-electron chi connectivity index (χ0n) is 19.9. The van der Waals surface area contributed by atoms with Crippen molar-refractivity contribution in [2.75, 3.05) is 12.3 Å². The Morgan fingerprint density at radius 3 is 2.39 bits per heavy atom. The van der Waals surface area contributed by atoms with Crippen LogP contribution in [0.2, 0.25) is 0 Å². The third-order valence-electron chi connectivity index (χ3n) is 6.04. The molecule has 1 amide bonds. The summed E-state index contributed by atoms with van der Waals surface area (Å²) in [6, 6.07) is 9.39. The van der Waals surface area contributed by atoms with E-state index in [1.165, 1.54) is 49.6 Å². The number of benzene rings is 2. The third-order valence-corrected chi connectivity index (χ3v) is 6.04. The first kappa shape index (κ1) is 26.7. The molecule has 0 aliphatic carbocycles. The van der Waals surface area contributed by atoms with Gasteiger partial charge in [0.1, 0.15) is 11.6 Å². The van der Waals surface area contributed by atoms with Gasteiger partial charge in [0.15, 0.2) is 0 Å². The van der Waals surface area contributed by atoms with Crippen molar-refractivity contribution in [3.8, 4) is 22.3 Å². The number of aliphatic hydroxyl groups excluding tert-OH is 1. The highest BCUT2D eigenvalue weighted by atomic mass is 19.3. The van der Waals surface area contributed by atoms with Crippen molar-refractivity contribution in [3.63, 3.8) is 0 Å². The van der Waals surface area contributed by atoms with Crippen molar-refractivity contribution in [1.82, 2.24) is 20.1 Å². The number of aromatic nitrogens is 3. The maximum Gasteiger partial charge on any atom is 0.333 e. The molecule has 0 saturated carbocycles. The second kappa shape index (κ2) is 11.0. The van der Waals surface area contributed by atoms with Crippen LogP contribution in [0.15, 0.2) is 60.9 Å². The Balaban J connectivity index is 1.60. The molecule has 2 heterocycles. The first-order chi connectivity index (χ1) is 18.1. The van der Waals surface area contributed by atoms with Gasteiger partial charge < -0.3 is 16.2 Å². The summed E-state index contributed by atoms with van der Waals surface area (Å²) in [5.74, 6) is -1.74. The Morgan fingerprint density at radius 2 is 1.76 bits per heavy atom. The van der Waals surface area contributed by atoms with Crippen LogP contribution < -0.4 is 11.1 Å². The lowest BCUT2D eigenvalue weighted by atomic mass is 9.99. The van der Waals surface area contributed by atoms with Crippen molar-refractivity contribution in [2.24, 2.45) is 0 Å². The van der Waals surface area contributed by atoms with Crippen molar-refractivity contribution in [1.29, 1.82) is 0 Å². The predicted molar refractivity (Wildman–Crippen MR) is 130 cm³/mol. The average Bonchev–Trinajstić information content (AvgIpc) is 3.28. The Bertz CT molecular complexity index is 1470. The zero-order chi connectivity index (χ0) is 27.6. The van der Waals surface area contributed by atoms with Crippen LogP contribution >= 0.6 is 0 Å². The number of halogens is 5. The smallest absolute Gasteiger partial charge is 0.333 e. The second-order valence-electron chi connectivity index (χ2n) is 8.40. The second-order valence-corrected chi connectivity index (χ2v) is 8.40. The molecule has 198 valence electrons. The molecule has 2 aromatic heterocycles. The first-order valence-corrected chi connectivity index (χ1v) is 11.3. The van der Waals surface area contributed by atoms with Gasteiger partial charge in [0, 0.05) is 34.1 Å². The fourth-order valence-electron chi connectivity index (χ4n) is 4.01. The molecular weight excluding hydrogens is 509 g/mol. The van der Waals surface area contributed by atoms with Crippen molar-refractivity contribution < 1.29 is 31.9 Å². The molecular formula is C26H22F5N5O2. The molecule has 0 aliphatic rings. The van der Waals surface area contributed by atoms with Gasteiger partial charge in [-0.05, 0) is 42.3 Å². The van der Waals surface area contributed by atoms with Crippen LogP contribution in [0.3, 0.4) is 0 Å². The monoisotopic (exact) mass is 531 g/mol. The minimum atomic E-state index is -2.82. The van der Waals surface area contributed by atoms with E-state index in [4.69, 9.17) is 5.73 Å². The SMILES string of the molecule is Cc1c(-c2cnc(N)c(-c3ccc(C(=O)NC(CO)c4cccc(C(F)F)c4)c(F)c3)c2)cnn1C(F)F. The van der Waals surface area contributed by atoms with Gasteiger partial charge in [-0.1, -0.05) is 24.3 Å². The highest BCUT2D eigenvalue weighted by molar-refractivity contribution is 5.95. The summed E-state index contributed by atoms with van der Waals surface area (Å²) < 4.78 is 67.9. The lowest BCUT2D eigenvalue weighted by Crippen LogP contribution is -2.31. The number of rotatable bonds is 8. The van der Waals surface area contributed by atoms with Crippen LogP contribution in [0.5, 0.6) is 0 Å². The molecule has 0 spiro atoms. The number of anilines is 1. The summed E-state index contributed by atoms with van der Waals surface area (Å²) in [6.07, 6.45) is -0.0875. The Kier molecular flexibility index (Phi) is 7.72. The molecule has 0 aliphatic heterocycles. The summed E-state index contributed by atoms with van der Waals surface area (Å²) in [5.41, 5.74) is 7.18. The maximum absolute atomic E-state index is 15.0. The maximum atomic E-state index is 15.0. The Hall–Kier alpha value is -4.32. The number of amides is 1. The van der Waals surface area contributed by atoms with Gasteiger partial charge >= 0.3 is 6.55 Å². The van der Waals surface area contributed by atoms with E-state index in [9.17, 15) is 27.5 Å². The molecule has 7 nitrogen and oxygen atoms in total. The molecule has 4 rings (SSSR count). The molecule has 4 N–H and O–H groups in total. The van der Waals surface area contributed by atoms with Crippen molar-refractivity contribution >= 4 is 11.7 Å². The van der Waals surface area contributed by atoms with Gasteiger partial charge in [-0.25, -0.2) is 22.8 Å².